The number of nitrogens with one attached hydrogen (secondary N) is 2. The van der Waals surface area contributed by atoms with Gasteiger partial charge in [-0.3, -0.25) is 4.79 Å². The number of primary amides is 1. The van der Waals surface area contributed by atoms with Crippen LogP contribution in [0.15, 0.2) is 22.6 Å². The van der Waals surface area contributed by atoms with Crippen molar-refractivity contribution in [2.45, 2.75) is 39.2 Å². The molecule has 2 aromatic heterocycles. The van der Waals surface area contributed by atoms with E-state index in [0.717, 1.165) is 24.2 Å². The highest BCUT2D eigenvalue weighted by Gasteiger charge is 2.30. The number of methoxy groups -OCH3 is 2. The van der Waals surface area contributed by atoms with Crippen molar-refractivity contribution in [3.63, 3.8) is 0 Å². The maximum Gasteiger partial charge on any atom is 0.400 e. The summed E-state index contributed by atoms with van der Waals surface area (Å²) in [6.07, 6.45) is -0.158. The third-order valence-corrected chi connectivity index (χ3v) is 5.66. The maximum absolute atomic E-state index is 12.3. The molecule has 35 heavy (non-hydrogen) atoms. The molecule has 1 fully saturated rings. The summed E-state index contributed by atoms with van der Waals surface area (Å²) >= 11 is 0. The topological polar surface area (TPSA) is 147 Å². The molecule has 1 amide bonds. The lowest BCUT2D eigenvalue weighted by molar-refractivity contribution is 0.0996. The number of ether oxygens (including phenoxy) is 3. The monoisotopic (exact) mass is 482 g/mol. The highest BCUT2D eigenvalue weighted by Crippen LogP contribution is 2.41. The predicted molar refractivity (Wildman–Crippen MR) is 129 cm³/mol. The molecule has 11 heteroatoms. The Bertz CT molecular complexity index is 1220. The minimum absolute atomic E-state index is 0.0114. The molecule has 0 atom stereocenters. The first-order chi connectivity index (χ1) is 16.6. The molecule has 1 aliphatic rings. The van der Waals surface area contributed by atoms with Gasteiger partial charge < -0.3 is 35.0 Å². The van der Waals surface area contributed by atoms with Gasteiger partial charge in [0.05, 0.1) is 20.3 Å². The number of amides is 1. The van der Waals surface area contributed by atoms with Crippen molar-refractivity contribution >= 4 is 11.9 Å². The van der Waals surface area contributed by atoms with Gasteiger partial charge in [0, 0.05) is 13.1 Å². The van der Waals surface area contributed by atoms with Gasteiger partial charge in [0.25, 0.3) is 5.91 Å². The van der Waals surface area contributed by atoms with E-state index in [1.54, 1.807) is 0 Å². The molecular formula is C24H30N6O5. The summed E-state index contributed by atoms with van der Waals surface area (Å²) in [6.45, 7) is 9.81. The van der Waals surface area contributed by atoms with E-state index in [4.69, 9.17) is 24.4 Å². The van der Waals surface area contributed by atoms with E-state index < -0.39 is 5.91 Å². The third kappa shape index (κ3) is 4.99. The molecule has 0 aliphatic carbocycles. The molecule has 1 saturated heterocycles. The molecule has 0 saturated carbocycles. The number of carbonyl (C=O) groups is 1. The Morgan fingerprint density at radius 2 is 1.80 bits per heavy atom. The van der Waals surface area contributed by atoms with E-state index in [1.165, 1.54) is 14.2 Å². The number of nitrogens with zero attached hydrogens (tertiary/aromatic N) is 3. The number of rotatable bonds is 8. The average Bonchev–Trinajstić information content (AvgIpc) is 3.20. The van der Waals surface area contributed by atoms with Crippen LogP contribution in [-0.4, -0.2) is 54.2 Å². The number of hydrogen-bond donors (Lipinski definition) is 3. The number of anilines is 1. The average molecular weight is 483 g/mol. The highest BCUT2D eigenvalue weighted by molar-refractivity contribution is 5.98. The fourth-order valence-corrected chi connectivity index (χ4v) is 3.50. The van der Waals surface area contributed by atoms with Crippen molar-refractivity contribution in [3.05, 3.63) is 35.0 Å². The van der Waals surface area contributed by atoms with Crippen LogP contribution in [0.5, 0.6) is 23.6 Å². The van der Waals surface area contributed by atoms with Crippen molar-refractivity contribution < 1.29 is 23.4 Å². The van der Waals surface area contributed by atoms with Gasteiger partial charge in [-0.1, -0.05) is 32.9 Å². The van der Waals surface area contributed by atoms with E-state index in [-0.39, 0.29) is 46.3 Å². The minimum Gasteiger partial charge on any atom is -0.480 e. The van der Waals surface area contributed by atoms with Crippen molar-refractivity contribution in [1.82, 2.24) is 20.3 Å². The highest BCUT2D eigenvalue weighted by atomic mass is 16.6. The second-order valence-electron chi connectivity index (χ2n) is 9.29. The summed E-state index contributed by atoms with van der Waals surface area (Å²) in [7, 11) is 2.89. The summed E-state index contributed by atoms with van der Waals surface area (Å²) in [6, 6.07) is 6.11. The van der Waals surface area contributed by atoms with Crippen LogP contribution in [0, 0.1) is 6.92 Å². The van der Waals surface area contributed by atoms with Gasteiger partial charge >= 0.3 is 6.08 Å². The van der Waals surface area contributed by atoms with Gasteiger partial charge in [0.15, 0.2) is 11.5 Å². The summed E-state index contributed by atoms with van der Waals surface area (Å²) < 4.78 is 22.8. The van der Waals surface area contributed by atoms with Crippen LogP contribution in [-0.2, 0) is 5.41 Å². The lowest BCUT2D eigenvalue weighted by atomic mass is 9.86. The minimum atomic E-state index is -0.814. The smallest absolute Gasteiger partial charge is 0.400 e. The lowest BCUT2D eigenvalue weighted by Crippen LogP contribution is -2.51. The molecule has 0 spiro atoms. The molecule has 1 aromatic carbocycles. The van der Waals surface area contributed by atoms with Gasteiger partial charge in [-0.05, 0) is 29.5 Å². The van der Waals surface area contributed by atoms with Crippen LogP contribution in [0.3, 0.4) is 0 Å². The van der Waals surface area contributed by atoms with Crippen LogP contribution in [0.4, 0.5) is 5.95 Å². The SMILES string of the molecule is COc1nc(NC2CNC2)nc(OC)c1-c1oc(Oc2cc(C(C)(C)C)ccc2C)nc1C(N)=O. The molecule has 1 aliphatic heterocycles. The Hall–Kier alpha value is -3.86. The van der Waals surface area contributed by atoms with Crippen molar-refractivity contribution in [1.29, 1.82) is 0 Å². The molecule has 4 N–H and O–H groups in total. The van der Waals surface area contributed by atoms with Crippen LogP contribution in [0.25, 0.3) is 11.3 Å². The van der Waals surface area contributed by atoms with E-state index in [2.05, 4.69) is 46.4 Å². The van der Waals surface area contributed by atoms with Gasteiger partial charge in [-0.15, -0.1) is 0 Å². The third-order valence-electron chi connectivity index (χ3n) is 5.66. The Kier molecular flexibility index (Phi) is 6.53. The number of nitrogens with two attached hydrogens (primary N) is 1. The normalized spacial score (nSPS) is 13.8. The van der Waals surface area contributed by atoms with Gasteiger partial charge in [-0.2, -0.15) is 15.0 Å². The molecule has 3 aromatic rings. The maximum atomic E-state index is 12.3. The first-order valence-corrected chi connectivity index (χ1v) is 11.2. The zero-order chi connectivity index (χ0) is 25.3. The summed E-state index contributed by atoms with van der Waals surface area (Å²) in [5, 5.41) is 6.36. The second kappa shape index (κ2) is 9.41. The summed E-state index contributed by atoms with van der Waals surface area (Å²) in [5.74, 6) is 0.295. The number of aryl methyl sites for hydroxylation is 1. The van der Waals surface area contributed by atoms with E-state index in [0.29, 0.717) is 11.7 Å². The van der Waals surface area contributed by atoms with E-state index in [9.17, 15) is 4.79 Å². The summed E-state index contributed by atoms with van der Waals surface area (Å²) in [5.41, 5.74) is 7.51. The van der Waals surface area contributed by atoms with E-state index in [1.807, 2.05) is 25.1 Å². The number of hydrogen-bond acceptors (Lipinski definition) is 10. The van der Waals surface area contributed by atoms with Crippen molar-refractivity contribution in [3.8, 4) is 34.9 Å². The first kappa shape index (κ1) is 24.3. The Balaban J connectivity index is 1.76. The van der Waals surface area contributed by atoms with E-state index >= 15 is 0 Å². The number of carbonyl (C=O) groups excluding carboxylic acids is 1. The van der Waals surface area contributed by atoms with Crippen molar-refractivity contribution in [2.75, 3.05) is 32.6 Å². The Morgan fingerprint density at radius 1 is 1.14 bits per heavy atom. The predicted octanol–water partition coefficient (Wildman–Crippen LogP) is 3.03. The molecular weight excluding hydrogens is 452 g/mol. The largest absolute Gasteiger partial charge is 0.480 e. The van der Waals surface area contributed by atoms with Gasteiger partial charge in [0.1, 0.15) is 11.3 Å². The number of aromatic nitrogens is 3. The molecule has 4 rings (SSSR count). The fraction of sp³-hybridized carbons (Fsp3) is 0.417. The second-order valence-corrected chi connectivity index (χ2v) is 9.29. The molecule has 3 heterocycles. The number of oxazole rings is 1. The fourth-order valence-electron chi connectivity index (χ4n) is 3.50. The number of benzene rings is 1. The Morgan fingerprint density at radius 3 is 2.31 bits per heavy atom. The standard InChI is InChI=1S/C24H30N6O5/c1-12-7-8-13(24(2,3)4)9-15(12)34-23-28-17(19(25)31)18(35-23)16-20(32-5)29-22(30-21(16)33-6)27-14-10-26-11-14/h7-9,14,26H,10-11H2,1-6H3,(H2,25,31)(H,27,29,30). The molecule has 11 nitrogen and oxygen atoms in total. The lowest BCUT2D eigenvalue weighted by Gasteiger charge is -2.28. The Labute approximate surface area is 203 Å². The van der Waals surface area contributed by atoms with Gasteiger partial charge in [-0.25, -0.2) is 0 Å². The molecule has 186 valence electrons. The van der Waals surface area contributed by atoms with Crippen LogP contribution in [0.2, 0.25) is 0 Å². The molecule has 0 unspecified atom stereocenters. The van der Waals surface area contributed by atoms with Crippen LogP contribution < -0.4 is 30.6 Å². The first-order valence-electron chi connectivity index (χ1n) is 11.2. The zero-order valence-electron chi connectivity index (χ0n) is 20.7. The van der Waals surface area contributed by atoms with Crippen LogP contribution >= 0.6 is 0 Å². The van der Waals surface area contributed by atoms with Crippen LogP contribution in [0.1, 0.15) is 42.4 Å². The quantitative estimate of drug-likeness (QED) is 0.438. The van der Waals surface area contributed by atoms with Crippen molar-refractivity contribution in [2.24, 2.45) is 5.73 Å². The molecule has 0 bridgehead atoms. The van der Waals surface area contributed by atoms with Gasteiger partial charge in [0.2, 0.25) is 17.7 Å². The zero-order valence-corrected chi connectivity index (χ0v) is 20.7. The molecule has 0 radical (unpaired) electrons. The summed E-state index contributed by atoms with van der Waals surface area (Å²) in [4.78, 5) is 25.3.